The van der Waals surface area contributed by atoms with E-state index in [0.29, 0.717) is 11.5 Å². The fourth-order valence-corrected chi connectivity index (χ4v) is 4.00. The molecule has 3 aromatic carbocycles. The number of fused-ring (bicyclic) bond motifs is 4. The quantitative estimate of drug-likeness (QED) is 0.364. The Hall–Kier alpha value is -3.78. The summed E-state index contributed by atoms with van der Waals surface area (Å²) in [6, 6.07) is 22.1. The fourth-order valence-electron chi connectivity index (χ4n) is 3.62. The summed E-state index contributed by atoms with van der Waals surface area (Å²) in [6.45, 7) is 0.262. The van der Waals surface area contributed by atoms with Crippen molar-refractivity contribution >= 4 is 43.4 Å². The van der Waals surface area contributed by atoms with Crippen molar-refractivity contribution in [1.82, 2.24) is 29.4 Å². The summed E-state index contributed by atoms with van der Waals surface area (Å²) in [5.74, 6) is 1.35. The van der Waals surface area contributed by atoms with Crippen molar-refractivity contribution in [3.05, 3.63) is 89.6 Å². The highest BCUT2D eigenvalue weighted by molar-refractivity contribution is 9.10. The van der Waals surface area contributed by atoms with E-state index in [9.17, 15) is 0 Å². The Morgan fingerprint density at radius 1 is 0.903 bits per heavy atom. The standard InChI is InChI=1S/C23H15BrN6O/c24-17-8-6-16-11-19(9-7-15(16)10-17)31-13-21-27-23-20-12-26-30(18-4-2-1-3-5-18)22(20)25-14-29(23)28-21/h1-12,14H,13H2. The molecule has 0 saturated heterocycles. The van der Waals surface area contributed by atoms with E-state index in [4.69, 9.17) is 4.74 Å². The molecule has 0 spiro atoms. The van der Waals surface area contributed by atoms with E-state index in [1.54, 1.807) is 21.7 Å². The van der Waals surface area contributed by atoms with Crippen LogP contribution in [0.1, 0.15) is 5.82 Å². The molecule has 0 unspecified atom stereocenters. The second kappa shape index (κ2) is 7.17. The molecule has 8 heteroatoms. The summed E-state index contributed by atoms with van der Waals surface area (Å²) in [6.07, 6.45) is 3.43. The van der Waals surface area contributed by atoms with Crippen LogP contribution < -0.4 is 4.74 Å². The zero-order valence-corrected chi connectivity index (χ0v) is 17.8. The molecule has 6 aromatic rings. The van der Waals surface area contributed by atoms with Crippen LogP contribution in [0.2, 0.25) is 0 Å². The smallest absolute Gasteiger partial charge is 0.189 e. The first kappa shape index (κ1) is 18.0. The van der Waals surface area contributed by atoms with Crippen LogP contribution >= 0.6 is 15.9 Å². The van der Waals surface area contributed by atoms with Gasteiger partial charge in [0, 0.05) is 4.47 Å². The van der Waals surface area contributed by atoms with Gasteiger partial charge in [0.2, 0.25) is 0 Å². The lowest BCUT2D eigenvalue weighted by Gasteiger charge is -2.05. The van der Waals surface area contributed by atoms with Crippen LogP contribution in [0.25, 0.3) is 33.1 Å². The molecule has 0 aliphatic heterocycles. The molecular formula is C23H15BrN6O. The molecule has 7 nitrogen and oxygen atoms in total. The Labute approximate surface area is 185 Å². The number of aromatic nitrogens is 6. The predicted molar refractivity (Wildman–Crippen MR) is 121 cm³/mol. The van der Waals surface area contributed by atoms with E-state index in [1.807, 2.05) is 54.6 Å². The van der Waals surface area contributed by atoms with Gasteiger partial charge in [0.25, 0.3) is 0 Å². The highest BCUT2D eigenvalue weighted by atomic mass is 79.9. The molecule has 0 N–H and O–H groups in total. The van der Waals surface area contributed by atoms with Crippen molar-refractivity contribution in [2.24, 2.45) is 0 Å². The molecule has 3 heterocycles. The minimum atomic E-state index is 0.262. The molecule has 0 bridgehead atoms. The zero-order valence-electron chi connectivity index (χ0n) is 16.2. The highest BCUT2D eigenvalue weighted by Crippen LogP contribution is 2.25. The highest BCUT2D eigenvalue weighted by Gasteiger charge is 2.14. The maximum Gasteiger partial charge on any atom is 0.189 e. The van der Waals surface area contributed by atoms with E-state index in [2.05, 4.69) is 48.2 Å². The van der Waals surface area contributed by atoms with E-state index in [-0.39, 0.29) is 6.61 Å². The lowest BCUT2D eigenvalue weighted by molar-refractivity contribution is 0.296. The molecule has 150 valence electrons. The van der Waals surface area contributed by atoms with Crippen molar-refractivity contribution < 1.29 is 4.74 Å². The van der Waals surface area contributed by atoms with Crippen LogP contribution in [0, 0.1) is 0 Å². The van der Waals surface area contributed by atoms with Crippen molar-refractivity contribution in [3.63, 3.8) is 0 Å². The van der Waals surface area contributed by atoms with Gasteiger partial charge in [-0.25, -0.2) is 19.2 Å². The summed E-state index contributed by atoms with van der Waals surface area (Å²) in [5.41, 5.74) is 2.38. The van der Waals surface area contributed by atoms with Gasteiger partial charge in [0.1, 0.15) is 18.7 Å². The summed E-state index contributed by atoms with van der Waals surface area (Å²) < 4.78 is 10.5. The Morgan fingerprint density at radius 2 is 1.74 bits per heavy atom. The normalized spacial score (nSPS) is 11.5. The SMILES string of the molecule is Brc1ccc2cc(OCc3nc4c5cnn(-c6ccccc6)c5ncn4n3)ccc2c1. The number of rotatable bonds is 4. The van der Waals surface area contributed by atoms with Crippen LogP contribution in [-0.4, -0.2) is 29.4 Å². The van der Waals surface area contributed by atoms with Crippen LogP contribution in [0.3, 0.4) is 0 Å². The first-order valence-electron chi connectivity index (χ1n) is 9.70. The molecule has 0 saturated carbocycles. The third-order valence-electron chi connectivity index (χ3n) is 5.09. The van der Waals surface area contributed by atoms with Crippen molar-refractivity contribution in [3.8, 4) is 11.4 Å². The molecular weight excluding hydrogens is 456 g/mol. The first-order valence-corrected chi connectivity index (χ1v) is 10.5. The lowest BCUT2D eigenvalue weighted by Crippen LogP contribution is -1.99. The van der Waals surface area contributed by atoms with Gasteiger partial charge in [0.05, 0.1) is 17.3 Å². The van der Waals surface area contributed by atoms with Gasteiger partial charge in [-0.05, 0) is 47.2 Å². The maximum absolute atomic E-state index is 5.96. The number of para-hydroxylation sites is 1. The second-order valence-electron chi connectivity index (χ2n) is 7.11. The molecule has 0 fully saturated rings. The van der Waals surface area contributed by atoms with Crippen LogP contribution in [0.5, 0.6) is 5.75 Å². The van der Waals surface area contributed by atoms with Gasteiger partial charge in [-0.3, -0.25) is 0 Å². The molecule has 31 heavy (non-hydrogen) atoms. The Morgan fingerprint density at radius 3 is 2.65 bits per heavy atom. The van der Waals surface area contributed by atoms with Crippen LogP contribution in [0.4, 0.5) is 0 Å². The van der Waals surface area contributed by atoms with E-state index >= 15 is 0 Å². The van der Waals surface area contributed by atoms with Gasteiger partial charge in [-0.15, -0.1) is 5.10 Å². The predicted octanol–water partition coefficient (Wildman–Crippen LogP) is 4.96. The Balaban J connectivity index is 1.31. The fraction of sp³-hybridized carbons (Fsp3) is 0.0435. The summed E-state index contributed by atoms with van der Waals surface area (Å²) in [7, 11) is 0. The topological polar surface area (TPSA) is 70.1 Å². The number of hydrogen-bond donors (Lipinski definition) is 0. The molecule has 0 aliphatic carbocycles. The minimum absolute atomic E-state index is 0.262. The number of nitrogens with zero attached hydrogens (tertiary/aromatic N) is 6. The molecule has 0 radical (unpaired) electrons. The summed E-state index contributed by atoms with van der Waals surface area (Å²) in [4.78, 5) is 9.20. The number of hydrogen-bond acceptors (Lipinski definition) is 5. The number of ether oxygens (including phenoxy) is 1. The molecule has 0 atom stereocenters. The second-order valence-corrected chi connectivity index (χ2v) is 8.03. The molecule has 0 aliphatic rings. The van der Waals surface area contributed by atoms with E-state index in [1.165, 1.54) is 0 Å². The average Bonchev–Trinajstić information content (AvgIpc) is 3.42. The maximum atomic E-state index is 5.96. The van der Waals surface area contributed by atoms with Gasteiger partial charge < -0.3 is 4.74 Å². The number of halogens is 1. The molecule has 0 amide bonds. The Kier molecular flexibility index (Phi) is 4.17. The molecule has 6 rings (SSSR count). The largest absolute Gasteiger partial charge is 0.486 e. The average molecular weight is 471 g/mol. The first-order chi connectivity index (χ1) is 15.2. The Bertz CT molecular complexity index is 1560. The van der Waals surface area contributed by atoms with Crippen molar-refractivity contribution in [2.75, 3.05) is 0 Å². The van der Waals surface area contributed by atoms with Crippen LogP contribution in [0.15, 0.2) is 83.7 Å². The third-order valence-corrected chi connectivity index (χ3v) is 5.58. The van der Waals surface area contributed by atoms with Gasteiger partial charge in [-0.1, -0.05) is 46.3 Å². The molecule has 3 aromatic heterocycles. The van der Waals surface area contributed by atoms with E-state index < -0.39 is 0 Å². The van der Waals surface area contributed by atoms with Gasteiger partial charge in [0.15, 0.2) is 17.1 Å². The van der Waals surface area contributed by atoms with E-state index in [0.717, 1.165) is 37.7 Å². The van der Waals surface area contributed by atoms with Gasteiger partial charge >= 0.3 is 0 Å². The zero-order chi connectivity index (χ0) is 20.8. The third kappa shape index (κ3) is 3.21. The minimum Gasteiger partial charge on any atom is -0.486 e. The summed E-state index contributed by atoms with van der Waals surface area (Å²) in [5, 5.41) is 12.1. The van der Waals surface area contributed by atoms with Crippen molar-refractivity contribution in [2.45, 2.75) is 6.61 Å². The summed E-state index contributed by atoms with van der Waals surface area (Å²) >= 11 is 3.50. The van der Waals surface area contributed by atoms with Crippen molar-refractivity contribution in [1.29, 1.82) is 0 Å². The monoisotopic (exact) mass is 470 g/mol. The van der Waals surface area contributed by atoms with Crippen LogP contribution in [-0.2, 0) is 6.61 Å². The van der Waals surface area contributed by atoms with Gasteiger partial charge in [-0.2, -0.15) is 5.10 Å². The number of benzene rings is 3. The lowest BCUT2D eigenvalue weighted by atomic mass is 10.1.